The zero-order valence-corrected chi connectivity index (χ0v) is 10.7. The van der Waals surface area contributed by atoms with E-state index in [4.69, 9.17) is 5.73 Å². The molecule has 0 bridgehead atoms. The fraction of sp³-hybridized carbons (Fsp3) is 0.167. The fourth-order valence-corrected chi connectivity index (χ4v) is 2.63. The molecule has 3 N–H and O–H groups in total. The number of thiazole rings is 1. The van der Waals surface area contributed by atoms with Crippen molar-refractivity contribution in [3.63, 3.8) is 0 Å². The van der Waals surface area contributed by atoms with Gasteiger partial charge < -0.3 is 11.1 Å². The highest BCUT2D eigenvalue weighted by Gasteiger charge is 2.03. The molecule has 0 amide bonds. The number of aryl methyl sites for hydroxylation is 1. The number of nitrogens with zero attached hydrogens (tertiary/aromatic N) is 3. The minimum atomic E-state index is 0.613. The van der Waals surface area contributed by atoms with E-state index in [-0.39, 0.29) is 0 Å². The Labute approximate surface area is 108 Å². The van der Waals surface area contributed by atoms with Gasteiger partial charge in [-0.3, -0.25) is 4.68 Å². The first-order valence-electron chi connectivity index (χ1n) is 5.59. The standard InChI is InChI=1S/C12H13N5S/c1-17-11(4-5-15-17)14-7-8-2-3-9-10(6-8)18-12(13)16-9/h2-6,14H,7H2,1H3,(H2,13,16). The van der Waals surface area contributed by atoms with Gasteiger partial charge in [0.15, 0.2) is 5.13 Å². The van der Waals surface area contributed by atoms with Crippen LogP contribution in [-0.2, 0) is 13.6 Å². The second kappa shape index (κ2) is 4.30. The number of anilines is 2. The van der Waals surface area contributed by atoms with Gasteiger partial charge in [0.25, 0.3) is 0 Å². The van der Waals surface area contributed by atoms with E-state index in [2.05, 4.69) is 27.5 Å². The van der Waals surface area contributed by atoms with Crippen molar-refractivity contribution in [1.82, 2.24) is 14.8 Å². The van der Waals surface area contributed by atoms with Crippen LogP contribution in [0.4, 0.5) is 10.9 Å². The van der Waals surface area contributed by atoms with Gasteiger partial charge in [-0.25, -0.2) is 4.98 Å². The van der Waals surface area contributed by atoms with Crippen LogP contribution in [0.1, 0.15) is 5.56 Å². The second-order valence-corrected chi connectivity index (χ2v) is 5.11. The maximum absolute atomic E-state index is 5.69. The van der Waals surface area contributed by atoms with E-state index in [0.29, 0.717) is 5.13 Å². The molecular weight excluding hydrogens is 246 g/mol. The lowest BCUT2D eigenvalue weighted by atomic mass is 10.2. The maximum Gasteiger partial charge on any atom is 0.181 e. The van der Waals surface area contributed by atoms with E-state index in [1.807, 2.05) is 23.9 Å². The largest absolute Gasteiger partial charge is 0.375 e. The van der Waals surface area contributed by atoms with Crippen molar-refractivity contribution in [2.45, 2.75) is 6.54 Å². The quantitative estimate of drug-likeness (QED) is 0.756. The van der Waals surface area contributed by atoms with Crippen LogP contribution in [0.3, 0.4) is 0 Å². The molecule has 0 spiro atoms. The van der Waals surface area contributed by atoms with Crippen LogP contribution in [0, 0.1) is 0 Å². The molecule has 0 aliphatic rings. The molecule has 1 aromatic carbocycles. The number of rotatable bonds is 3. The maximum atomic E-state index is 5.69. The molecule has 0 unspecified atom stereocenters. The molecule has 0 aliphatic carbocycles. The van der Waals surface area contributed by atoms with Gasteiger partial charge >= 0.3 is 0 Å². The van der Waals surface area contributed by atoms with Crippen molar-refractivity contribution < 1.29 is 0 Å². The summed E-state index contributed by atoms with van der Waals surface area (Å²) in [6.45, 7) is 0.757. The first-order chi connectivity index (χ1) is 8.72. The lowest BCUT2D eigenvalue weighted by molar-refractivity contribution is 0.769. The van der Waals surface area contributed by atoms with Gasteiger partial charge in [-0.1, -0.05) is 17.4 Å². The number of hydrogen-bond acceptors (Lipinski definition) is 5. The summed E-state index contributed by atoms with van der Waals surface area (Å²) in [5.41, 5.74) is 7.85. The van der Waals surface area contributed by atoms with Crippen LogP contribution < -0.4 is 11.1 Å². The molecule has 0 radical (unpaired) electrons. The molecule has 2 aromatic heterocycles. The summed E-state index contributed by atoms with van der Waals surface area (Å²) in [6, 6.07) is 8.13. The molecule has 3 rings (SSSR count). The van der Waals surface area contributed by atoms with E-state index in [1.54, 1.807) is 6.20 Å². The summed E-state index contributed by atoms with van der Waals surface area (Å²) in [5.74, 6) is 0.999. The Morgan fingerprint density at radius 2 is 2.28 bits per heavy atom. The molecule has 18 heavy (non-hydrogen) atoms. The van der Waals surface area contributed by atoms with Crippen molar-refractivity contribution in [2.75, 3.05) is 11.1 Å². The Balaban J connectivity index is 1.80. The Kier molecular flexibility index (Phi) is 2.64. The summed E-state index contributed by atoms with van der Waals surface area (Å²) < 4.78 is 2.93. The topological polar surface area (TPSA) is 68.8 Å². The summed E-state index contributed by atoms with van der Waals surface area (Å²) >= 11 is 1.51. The van der Waals surface area contributed by atoms with Crippen molar-refractivity contribution in [3.8, 4) is 0 Å². The normalized spacial score (nSPS) is 10.9. The molecule has 0 atom stereocenters. The Hall–Kier alpha value is -2.08. The smallest absolute Gasteiger partial charge is 0.181 e. The van der Waals surface area contributed by atoms with E-state index < -0.39 is 0 Å². The molecule has 0 saturated heterocycles. The Bertz CT molecular complexity index is 685. The van der Waals surface area contributed by atoms with Gasteiger partial charge in [-0.2, -0.15) is 5.10 Å². The van der Waals surface area contributed by atoms with Gasteiger partial charge in [0.2, 0.25) is 0 Å². The predicted octanol–water partition coefficient (Wildman–Crippen LogP) is 2.22. The molecule has 3 aromatic rings. The molecule has 0 fully saturated rings. The predicted molar refractivity (Wildman–Crippen MR) is 74.6 cm³/mol. The van der Waals surface area contributed by atoms with Gasteiger partial charge in [-0.15, -0.1) is 0 Å². The number of nitrogen functional groups attached to an aromatic ring is 1. The highest BCUT2D eigenvalue weighted by molar-refractivity contribution is 7.22. The number of fused-ring (bicyclic) bond motifs is 1. The van der Waals surface area contributed by atoms with Crippen molar-refractivity contribution in [3.05, 3.63) is 36.0 Å². The van der Waals surface area contributed by atoms with Gasteiger partial charge in [0, 0.05) is 19.7 Å². The minimum Gasteiger partial charge on any atom is -0.375 e. The monoisotopic (exact) mass is 259 g/mol. The van der Waals surface area contributed by atoms with Crippen LogP contribution >= 0.6 is 11.3 Å². The lowest BCUT2D eigenvalue weighted by Gasteiger charge is -2.06. The Morgan fingerprint density at radius 3 is 3.06 bits per heavy atom. The van der Waals surface area contributed by atoms with E-state index in [0.717, 1.165) is 22.6 Å². The highest BCUT2D eigenvalue weighted by atomic mass is 32.1. The molecule has 0 aliphatic heterocycles. The summed E-state index contributed by atoms with van der Waals surface area (Å²) in [6.07, 6.45) is 1.77. The van der Waals surface area contributed by atoms with Crippen LogP contribution in [0.5, 0.6) is 0 Å². The fourth-order valence-electron chi connectivity index (χ4n) is 1.84. The summed E-state index contributed by atoms with van der Waals surface area (Å²) in [7, 11) is 1.91. The number of aromatic nitrogens is 3. The minimum absolute atomic E-state index is 0.613. The zero-order valence-electron chi connectivity index (χ0n) is 9.92. The van der Waals surface area contributed by atoms with Crippen molar-refractivity contribution >= 4 is 32.5 Å². The van der Waals surface area contributed by atoms with E-state index in [9.17, 15) is 0 Å². The van der Waals surface area contributed by atoms with Crippen molar-refractivity contribution in [1.29, 1.82) is 0 Å². The molecule has 5 nitrogen and oxygen atoms in total. The SMILES string of the molecule is Cn1nccc1NCc1ccc2nc(N)sc2c1. The first kappa shape index (κ1) is 11.0. The van der Waals surface area contributed by atoms with Crippen LogP contribution in [0.25, 0.3) is 10.2 Å². The highest BCUT2D eigenvalue weighted by Crippen LogP contribution is 2.24. The Morgan fingerprint density at radius 1 is 1.39 bits per heavy atom. The van der Waals surface area contributed by atoms with Crippen LogP contribution in [0.15, 0.2) is 30.5 Å². The third kappa shape index (κ3) is 2.02. The van der Waals surface area contributed by atoms with Gasteiger partial charge in [-0.05, 0) is 17.7 Å². The average molecular weight is 259 g/mol. The first-order valence-corrected chi connectivity index (χ1v) is 6.41. The van der Waals surface area contributed by atoms with E-state index >= 15 is 0 Å². The van der Waals surface area contributed by atoms with Crippen LogP contribution in [0.2, 0.25) is 0 Å². The number of nitrogens with one attached hydrogen (secondary N) is 1. The zero-order chi connectivity index (χ0) is 12.5. The average Bonchev–Trinajstić information content (AvgIpc) is 2.90. The summed E-state index contributed by atoms with van der Waals surface area (Å²) in [5, 5.41) is 8.06. The number of benzene rings is 1. The van der Waals surface area contributed by atoms with E-state index in [1.165, 1.54) is 16.9 Å². The molecule has 2 heterocycles. The molecular formula is C12H13N5S. The summed E-state index contributed by atoms with van der Waals surface area (Å²) in [4.78, 5) is 4.24. The van der Waals surface area contributed by atoms with Crippen LogP contribution in [-0.4, -0.2) is 14.8 Å². The molecule has 6 heteroatoms. The molecule has 0 saturated carbocycles. The van der Waals surface area contributed by atoms with Gasteiger partial charge in [0.05, 0.1) is 16.4 Å². The van der Waals surface area contributed by atoms with Crippen molar-refractivity contribution in [2.24, 2.45) is 7.05 Å². The second-order valence-electron chi connectivity index (χ2n) is 4.05. The lowest BCUT2D eigenvalue weighted by Crippen LogP contribution is -2.04. The number of hydrogen-bond donors (Lipinski definition) is 2. The van der Waals surface area contributed by atoms with Gasteiger partial charge in [0.1, 0.15) is 5.82 Å². The third-order valence-electron chi connectivity index (χ3n) is 2.76. The molecule has 92 valence electrons. The number of nitrogens with two attached hydrogens (primary N) is 1. The third-order valence-corrected chi connectivity index (χ3v) is 3.61.